The van der Waals surface area contributed by atoms with Gasteiger partial charge in [0.1, 0.15) is 23.3 Å². The molecule has 2 saturated carbocycles. The second kappa shape index (κ2) is 16.3. The van der Waals surface area contributed by atoms with E-state index in [9.17, 15) is 0 Å². The van der Waals surface area contributed by atoms with Gasteiger partial charge >= 0.3 is 7.12 Å². The summed E-state index contributed by atoms with van der Waals surface area (Å²) in [6.07, 6.45) is 14.1. The molecule has 6 rings (SSSR count). The first kappa shape index (κ1) is 31.6. The Balaban J connectivity index is 0.000000155. The lowest BCUT2D eigenvalue weighted by Crippen LogP contribution is -2.29. The van der Waals surface area contributed by atoms with E-state index in [-0.39, 0.29) is 0 Å². The Morgan fingerprint density at radius 2 is 1.17 bits per heavy atom. The van der Waals surface area contributed by atoms with Crippen molar-refractivity contribution in [1.82, 2.24) is 19.9 Å². The van der Waals surface area contributed by atoms with E-state index in [2.05, 4.69) is 70.8 Å². The molecule has 8 nitrogen and oxygen atoms in total. The summed E-state index contributed by atoms with van der Waals surface area (Å²) < 4.78 is 0.954. The molecule has 0 atom stereocenters. The van der Waals surface area contributed by atoms with Gasteiger partial charge in [0.05, 0.1) is 4.47 Å². The average Bonchev–Trinajstić information content (AvgIpc) is 3.72. The standard InChI is InChI=1S/C16H19N3.C10H14BrN3.C6H7BO2/c1-12-17-11-15(13-7-3-2-4-8-13)16(18-12)19-14-9-5-6-10-14;1-7-12-6-9(11)10(13-7)14-8-4-2-3-5-8;8-7(9)6-4-2-1-3-5-6/h2-4,7-8,11,14H,5-6,9-10H2,1H3,(H,17,18,19);6,8H,2-5H2,1H3,(H,12,13,14);1-5,8-9H. The molecular weight excluding hydrogens is 591 g/mol. The van der Waals surface area contributed by atoms with Gasteiger partial charge in [-0.15, -0.1) is 0 Å². The highest BCUT2D eigenvalue weighted by Crippen LogP contribution is 2.29. The molecule has 2 aromatic carbocycles. The van der Waals surface area contributed by atoms with Crippen molar-refractivity contribution in [2.45, 2.75) is 77.3 Å². The first-order valence-corrected chi connectivity index (χ1v) is 15.5. The first-order chi connectivity index (χ1) is 20.4. The molecule has 0 aliphatic heterocycles. The number of aryl methyl sites for hydroxylation is 2. The minimum Gasteiger partial charge on any atom is -0.423 e. The highest BCUT2D eigenvalue weighted by Gasteiger charge is 2.18. The predicted octanol–water partition coefficient (Wildman–Crippen LogP) is 6.07. The number of anilines is 2. The summed E-state index contributed by atoms with van der Waals surface area (Å²) in [7, 11) is -1.34. The van der Waals surface area contributed by atoms with Gasteiger partial charge in [-0.1, -0.05) is 86.3 Å². The lowest BCUT2D eigenvalue weighted by molar-refractivity contribution is 0.426. The lowest BCUT2D eigenvalue weighted by atomic mass is 9.81. The number of halogens is 1. The molecule has 0 saturated heterocycles. The number of nitrogens with one attached hydrogen (secondary N) is 2. The van der Waals surface area contributed by atoms with Gasteiger partial charge in [0.25, 0.3) is 0 Å². The Labute approximate surface area is 257 Å². The van der Waals surface area contributed by atoms with Crippen molar-refractivity contribution in [1.29, 1.82) is 0 Å². The number of benzene rings is 2. The van der Waals surface area contributed by atoms with Crippen LogP contribution in [0.4, 0.5) is 11.6 Å². The highest BCUT2D eigenvalue weighted by atomic mass is 79.9. The third kappa shape index (κ3) is 9.89. The Kier molecular flexibility index (Phi) is 12.3. The lowest BCUT2D eigenvalue weighted by Gasteiger charge is -2.16. The van der Waals surface area contributed by atoms with Crippen molar-refractivity contribution in [3.8, 4) is 11.1 Å². The van der Waals surface area contributed by atoms with E-state index in [1.807, 2.05) is 32.2 Å². The smallest absolute Gasteiger partial charge is 0.423 e. The van der Waals surface area contributed by atoms with Gasteiger partial charge < -0.3 is 20.7 Å². The number of aromatic nitrogens is 4. The fourth-order valence-electron chi connectivity index (χ4n) is 5.12. The van der Waals surface area contributed by atoms with Crippen LogP contribution in [0.15, 0.2) is 77.5 Å². The summed E-state index contributed by atoms with van der Waals surface area (Å²) in [5, 5.41) is 24.2. The Morgan fingerprint density at radius 3 is 1.69 bits per heavy atom. The second-order valence-electron chi connectivity index (χ2n) is 10.7. The zero-order chi connectivity index (χ0) is 29.7. The summed E-state index contributed by atoms with van der Waals surface area (Å²) in [6.45, 7) is 3.85. The maximum Gasteiger partial charge on any atom is 0.488 e. The minimum absolute atomic E-state index is 0.525. The molecule has 2 aromatic heterocycles. The van der Waals surface area contributed by atoms with Crippen molar-refractivity contribution in [3.05, 3.63) is 89.2 Å². The Bertz CT molecular complexity index is 1370. The zero-order valence-corrected chi connectivity index (χ0v) is 26.0. The Hall–Kier alpha value is -3.34. The number of nitrogens with zero attached hydrogens (tertiary/aromatic N) is 4. The monoisotopic (exact) mass is 630 g/mol. The molecule has 10 heteroatoms. The molecule has 2 aliphatic rings. The van der Waals surface area contributed by atoms with E-state index in [1.165, 1.54) is 56.9 Å². The van der Waals surface area contributed by atoms with Crippen LogP contribution in [-0.4, -0.2) is 49.2 Å². The van der Waals surface area contributed by atoms with Crippen LogP contribution in [0.2, 0.25) is 0 Å². The summed E-state index contributed by atoms with van der Waals surface area (Å²) >= 11 is 3.45. The van der Waals surface area contributed by atoms with Crippen molar-refractivity contribution < 1.29 is 10.0 Å². The zero-order valence-electron chi connectivity index (χ0n) is 24.4. The van der Waals surface area contributed by atoms with Crippen LogP contribution in [-0.2, 0) is 0 Å². The molecule has 2 fully saturated rings. The van der Waals surface area contributed by atoms with Gasteiger partial charge in [-0.25, -0.2) is 19.9 Å². The van der Waals surface area contributed by atoms with E-state index in [0.29, 0.717) is 17.5 Å². The fourth-order valence-corrected chi connectivity index (χ4v) is 5.42. The highest BCUT2D eigenvalue weighted by molar-refractivity contribution is 9.10. The van der Waals surface area contributed by atoms with Gasteiger partial charge in [0.2, 0.25) is 0 Å². The second-order valence-corrected chi connectivity index (χ2v) is 11.5. The van der Waals surface area contributed by atoms with Gasteiger partial charge in [-0.3, -0.25) is 0 Å². The van der Waals surface area contributed by atoms with Crippen molar-refractivity contribution in [2.24, 2.45) is 0 Å². The van der Waals surface area contributed by atoms with Gasteiger partial charge in [-0.2, -0.15) is 0 Å². The fraction of sp³-hybridized carbons (Fsp3) is 0.375. The van der Waals surface area contributed by atoms with Crippen LogP contribution in [0.1, 0.15) is 63.0 Å². The van der Waals surface area contributed by atoms with E-state index in [4.69, 9.17) is 10.0 Å². The van der Waals surface area contributed by atoms with Crippen molar-refractivity contribution >= 4 is 40.1 Å². The molecule has 2 heterocycles. The summed E-state index contributed by atoms with van der Waals surface area (Å²) in [5.74, 6) is 3.55. The number of hydrogen-bond donors (Lipinski definition) is 4. The summed E-state index contributed by atoms with van der Waals surface area (Å²) in [6, 6.07) is 20.2. The molecular formula is C32H40BBrN6O2. The predicted molar refractivity (Wildman–Crippen MR) is 175 cm³/mol. The third-order valence-corrected chi connectivity index (χ3v) is 7.93. The summed E-state index contributed by atoms with van der Waals surface area (Å²) in [5.41, 5.74) is 2.79. The van der Waals surface area contributed by atoms with Crippen LogP contribution >= 0.6 is 15.9 Å². The maximum absolute atomic E-state index is 8.58. The molecule has 0 bridgehead atoms. The minimum atomic E-state index is -1.34. The molecule has 0 unspecified atom stereocenters. The van der Waals surface area contributed by atoms with Gasteiger partial charge in [0.15, 0.2) is 0 Å². The van der Waals surface area contributed by atoms with Gasteiger partial charge in [0, 0.05) is 30.0 Å². The molecule has 2 aliphatic carbocycles. The molecule has 220 valence electrons. The molecule has 4 aromatic rings. The van der Waals surface area contributed by atoms with E-state index in [0.717, 1.165) is 33.3 Å². The third-order valence-electron chi connectivity index (χ3n) is 7.35. The molecule has 4 N–H and O–H groups in total. The van der Waals surface area contributed by atoms with E-state index in [1.54, 1.807) is 30.5 Å². The molecule has 0 radical (unpaired) electrons. The number of hydrogen-bond acceptors (Lipinski definition) is 8. The number of rotatable bonds is 6. The van der Waals surface area contributed by atoms with E-state index < -0.39 is 7.12 Å². The van der Waals surface area contributed by atoms with Gasteiger partial charge in [-0.05, 0) is 66.5 Å². The van der Waals surface area contributed by atoms with Crippen LogP contribution < -0.4 is 16.1 Å². The van der Waals surface area contributed by atoms with Crippen LogP contribution in [0.3, 0.4) is 0 Å². The largest absolute Gasteiger partial charge is 0.488 e. The van der Waals surface area contributed by atoms with Crippen molar-refractivity contribution in [2.75, 3.05) is 10.6 Å². The first-order valence-electron chi connectivity index (χ1n) is 14.7. The molecule has 0 amide bonds. The molecule has 42 heavy (non-hydrogen) atoms. The van der Waals surface area contributed by atoms with Crippen LogP contribution in [0.5, 0.6) is 0 Å². The van der Waals surface area contributed by atoms with E-state index >= 15 is 0 Å². The van der Waals surface area contributed by atoms with Crippen molar-refractivity contribution in [3.63, 3.8) is 0 Å². The topological polar surface area (TPSA) is 116 Å². The maximum atomic E-state index is 8.58. The van der Waals surface area contributed by atoms with Crippen LogP contribution in [0.25, 0.3) is 11.1 Å². The normalized spacial score (nSPS) is 14.8. The quantitative estimate of drug-likeness (QED) is 0.190. The Morgan fingerprint density at radius 1 is 0.690 bits per heavy atom. The SMILES string of the molecule is Cc1ncc(-c2ccccc2)c(NC2CCCC2)n1.Cc1ncc(Br)c(NC2CCCC2)n1.OB(O)c1ccccc1. The summed E-state index contributed by atoms with van der Waals surface area (Å²) in [4.78, 5) is 17.4. The average molecular weight is 631 g/mol. The molecule has 0 spiro atoms. The van der Waals surface area contributed by atoms with Crippen LogP contribution in [0, 0.1) is 13.8 Å².